The van der Waals surface area contributed by atoms with Crippen LogP contribution in [0.15, 0.2) is 65.5 Å². The number of amides is 3. The number of aromatic amines is 1. The number of nitrogens with one attached hydrogen (secondary N) is 2. The molecule has 3 amide bonds. The summed E-state index contributed by atoms with van der Waals surface area (Å²) < 4.78 is 0. The molecule has 0 saturated carbocycles. The number of rotatable bonds is 6. The maximum Gasteiger partial charge on any atom is 0.271 e. The van der Waals surface area contributed by atoms with Crippen molar-refractivity contribution < 1.29 is 19.2 Å². The number of benzene rings is 2. The summed E-state index contributed by atoms with van der Waals surface area (Å²) in [6, 6.07) is 16.3. The number of carbonyl (C=O) groups is 4. The van der Waals surface area contributed by atoms with Crippen molar-refractivity contribution in [2.24, 2.45) is 0 Å². The number of aromatic nitrogens is 1. The topological polar surface area (TPSA) is 116 Å². The number of H-pyrrole nitrogens is 1. The minimum atomic E-state index is -0.581. The first-order chi connectivity index (χ1) is 15.4. The largest absolute Gasteiger partial charge is 0.324 e. The lowest BCUT2D eigenvalue weighted by molar-refractivity contribution is -0.114. The molecule has 4 rings (SSSR count). The molecule has 2 N–H and O–H groups in total. The molecule has 0 bridgehead atoms. The predicted octanol–water partition coefficient (Wildman–Crippen LogP) is 2.40. The van der Waals surface area contributed by atoms with Crippen molar-refractivity contribution in [3.05, 3.63) is 99.0 Å². The van der Waals surface area contributed by atoms with Gasteiger partial charge in [-0.2, -0.15) is 0 Å². The fourth-order valence-corrected chi connectivity index (χ4v) is 3.66. The zero-order valence-electron chi connectivity index (χ0n) is 17.2. The average molecular weight is 429 g/mol. The summed E-state index contributed by atoms with van der Waals surface area (Å²) >= 11 is 0. The van der Waals surface area contributed by atoms with E-state index in [-0.39, 0.29) is 35.7 Å². The van der Waals surface area contributed by atoms with Crippen LogP contribution in [0.3, 0.4) is 0 Å². The van der Waals surface area contributed by atoms with Crippen LogP contribution in [0.1, 0.15) is 49.3 Å². The molecule has 8 nitrogen and oxygen atoms in total. The first-order valence-corrected chi connectivity index (χ1v) is 9.95. The first kappa shape index (κ1) is 20.9. The highest BCUT2D eigenvalue weighted by Gasteiger charge is 2.35. The van der Waals surface area contributed by atoms with Crippen molar-refractivity contribution in [1.29, 1.82) is 0 Å². The summed E-state index contributed by atoms with van der Waals surface area (Å²) in [6.45, 7) is 1.24. The molecule has 3 aromatic rings. The Balaban J connectivity index is 1.67. The van der Waals surface area contributed by atoms with Gasteiger partial charge in [0.25, 0.3) is 17.4 Å². The van der Waals surface area contributed by atoms with Gasteiger partial charge in [-0.05, 0) is 18.2 Å². The Labute approximate surface area is 182 Å². The number of fused-ring (bicyclic) bond motifs is 1. The maximum atomic E-state index is 13.1. The summed E-state index contributed by atoms with van der Waals surface area (Å²) in [5.74, 6) is -1.64. The maximum absolute atomic E-state index is 13.1. The van der Waals surface area contributed by atoms with E-state index in [0.29, 0.717) is 16.7 Å². The van der Waals surface area contributed by atoms with E-state index in [4.69, 9.17) is 0 Å². The first-order valence-electron chi connectivity index (χ1n) is 9.95. The van der Waals surface area contributed by atoms with Gasteiger partial charge < -0.3 is 10.3 Å². The lowest BCUT2D eigenvalue weighted by Gasteiger charge is -2.16. The second-order valence-corrected chi connectivity index (χ2v) is 7.34. The minimum Gasteiger partial charge on any atom is -0.324 e. The van der Waals surface area contributed by atoms with Crippen molar-refractivity contribution in [2.45, 2.75) is 13.3 Å². The Morgan fingerprint density at radius 1 is 0.906 bits per heavy atom. The lowest BCUT2D eigenvalue weighted by atomic mass is 10.00. The fraction of sp³-hybridized carbons (Fsp3) is 0.125. The molecule has 2 aromatic carbocycles. The Morgan fingerprint density at radius 3 is 2.09 bits per heavy atom. The number of hydrogen-bond donors (Lipinski definition) is 2. The van der Waals surface area contributed by atoms with Crippen LogP contribution in [0.2, 0.25) is 0 Å². The van der Waals surface area contributed by atoms with Gasteiger partial charge in [-0.1, -0.05) is 42.5 Å². The Kier molecular flexibility index (Phi) is 5.51. The van der Waals surface area contributed by atoms with Gasteiger partial charge in [0.05, 0.1) is 11.1 Å². The Morgan fingerprint density at radius 2 is 1.50 bits per heavy atom. The molecule has 0 radical (unpaired) electrons. The van der Waals surface area contributed by atoms with Crippen molar-refractivity contribution in [3.63, 3.8) is 0 Å². The Hall–Kier alpha value is -4.33. The number of anilines is 1. The molecule has 0 saturated heterocycles. The molecule has 0 fully saturated rings. The quantitative estimate of drug-likeness (QED) is 0.461. The van der Waals surface area contributed by atoms with E-state index in [1.54, 1.807) is 54.6 Å². The highest BCUT2D eigenvalue weighted by atomic mass is 16.2. The third-order valence-corrected chi connectivity index (χ3v) is 5.18. The van der Waals surface area contributed by atoms with E-state index in [1.807, 2.05) is 0 Å². The molecule has 8 heteroatoms. The normalized spacial score (nSPS) is 12.6. The SMILES string of the molecule is CC(=O)Nc1cc(C(=O)c2ccccc2)c(CCN2C(=O)c3ccccc3C2=O)[nH]c1=O. The van der Waals surface area contributed by atoms with E-state index in [0.717, 1.165) is 4.90 Å². The molecule has 1 aliphatic heterocycles. The molecular weight excluding hydrogens is 410 g/mol. The van der Waals surface area contributed by atoms with Crippen LogP contribution in [0.25, 0.3) is 0 Å². The fourth-order valence-electron chi connectivity index (χ4n) is 3.66. The monoisotopic (exact) mass is 429 g/mol. The summed E-state index contributed by atoms with van der Waals surface area (Å²) in [5.41, 5.74) is 0.865. The van der Waals surface area contributed by atoms with Crippen LogP contribution < -0.4 is 10.9 Å². The molecule has 32 heavy (non-hydrogen) atoms. The second kappa shape index (κ2) is 8.43. The molecule has 0 unspecified atom stereocenters. The smallest absolute Gasteiger partial charge is 0.271 e. The van der Waals surface area contributed by atoms with E-state index in [2.05, 4.69) is 10.3 Å². The van der Waals surface area contributed by atoms with Crippen LogP contribution in [-0.2, 0) is 11.2 Å². The summed E-state index contributed by atoms with van der Waals surface area (Å²) in [6.07, 6.45) is 0.0645. The lowest BCUT2D eigenvalue weighted by Crippen LogP contribution is -2.33. The van der Waals surface area contributed by atoms with Crippen LogP contribution >= 0.6 is 0 Å². The summed E-state index contributed by atoms with van der Waals surface area (Å²) in [5, 5.41) is 2.42. The van der Waals surface area contributed by atoms with Gasteiger partial charge in [0.1, 0.15) is 5.69 Å². The van der Waals surface area contributed by atoms with Crippen molar-refractivity contribution in [2.75, 3.05) is 11.9 Å². The molecule has 0 spiro atoms. The third-order valence-electron chi connectivity index (χ3n) is 5.18. The zero-order chi connectivity index (χ0) is 22.8. The van der Waals surface area contributed by atoms with Crippen LogP contribution in [0, 0.1) is 0 Å². The molecule has 160 valence electrons. The number of carbonyl (C=O) groups excluding carboxylic acids is 4. The van der Waals surface area contributed by atoms with E-state index >= 15 is 0 Å². The van der Waals surface area contributed by atoms with Crippen molar-refractivity contribution >= 4 is 29.2 Å². The van der Waals surface area contributed by atoms with E-state index in [9.17, 15) is 24.0 Å². The molecule has 2 heterocycles. The van der Waals surface area contributed by atoms with E-state index in [1.165, 1.54) is 13.0 Å². The van der Waals surface area contributed by atoms with Crippen LogP contribution in [0.5, 0.6) is 0 Å². The van der Waals surface area contributed by atoms with Gasteiger partial charge in [0.15, 0.2) is 5.78 Å². The third kappa shape index (κ3) is 3.85. The second-order valence-electron chi connectivity index (χ2n) is 7.34. The van der Waals surface area contributed by atoms with Crippen molar-refractivity contribution in [3.8, 4) is 0 Å². The molecule has 0 atom stereocenters. The zero-order valence-corrected chi connectivity index (χ0v) is 17.2. The number of pyridine rings is 1. The molecule has 0 aliphatic carbocycles. The van der Waals surface area contributed by atoms with Gasteiger partial charge in [-0.3, -0.25) is 28.9 Å². The minimum absolute atomic E-state index is 0.0170. The Bertz CT molecular complexity index is 1280. The van der Waals surface area contributed by atoms with E-state index < -0.39 is 23.3 Å². The number of imide groups is 1. The van der Waals surface area contributed by atoms with Gasteiger partial charge >= 0.3 is 0 Å². The molecular formula is C24H19N3O5. The van der Waals surface area contributed by atoms with Crippen LogP contribution in [-0.4, -0.2) is 39.9 Å². The van der Waals surface area contributed by atoms with Crippen LogP contribution in [0.4, 0.5) is 5.69 Å². The van der Waals surface area contributed by atoms with Gasteiger partial charge in [0.2, 0.25) is 5.91 Å². The van der Waals surface area contributed by atoms with Gasteiger partial charge in [-0.15, -0.1) is 0 Å². The summed E-state index contributed by atoms with van der Waals surface area (Å²) in [7, 11) is 0. The highest BCUT2D eigenvalue weighted by molar-refractivity contribution is 6.21. The number of hydrogen-bond acceptors (Lipinski definition) is 5. The highest BCUT2D eigenvalue weighted by Crippen LogP contribution is 2.23. The molecule has 1 aromatic heterocycles. The summed E-state index contributed by atoms with van der Waals surface area (Å²) in [4.78, 5) is 66.0. The van der Waals surface area contributed by atoms with Crippen molar-refractivity contribution in [1.82, 2.24) is 9.88 Å². The predicted molar refractivity (Wildman–Crippen MR) is 117 cm³/mol. The average Bonchev–Trinajstić information content (AvgIpc) is 3.03. The van der Waals surface area contributed by atoms with Gasteiger partial charge in [0, 0.05) is 36.7 Å². The standard InChI is InChI=1S/C24H19N3O5/c1-14(28)25-20-13-18(21(29)15-7-3-2-4-8-15)19(26-22(20)30)11-12-27-23(31)16-9-5-6-10-17(16)24(27)32/h2-10,13H,11-12H2,1H3,(H,25,28)(H,26,30). The number of ketones is 1. The number of nitrogens with zero attached hydrogens (tertiary/aromatic N) is 1. The van der Waals surface area contributed by atoms with Gasteiger partial charge in [-0.25, -0.2) is 0 Å². The molecule has 1 aliphatic rings.